The number of piperazine rings is 2. The minimum absolute atomic E-state index is 0.000242. The second kappa shape index (κ2) is 19.6. The number of halogens is 2. The first-order valence-corrected chi connectivity index (χ1v) is 25.7. The maximum Gasteiger partial charge on any atom is 0.410 e. The lowest BCUT2D eigenvalue weighted by atomic mass is 9.91. The van der Waals surface area contributed by atoms with E-state index in [-0.39, 0.29) is 72.2 Å². The fourth-order valence-electron chi connectivity index (χ4n) is 11.7. The van der Waals surface area contributed by atoms with E-state index in [1.54, 1.807) is 18.3 Å². The summed E-state index contributed by atoms with van der Waals surface area (Å²) in [4.78, 5) is 53.0. The molecule has 71 heavy (non-hydrogen) atoms. The lowest BCUT2D eigenvalue weighted by molar-refractivity contribution is -0.131. The number of phenols is 1. The third kappa shape index (κ3) is 10.2. The molecule has 0 radical (unpaired) electrons. The number of ether oxygens (including phenoxy) is 2. The standard InChI is InChI=1S/C53H68F2N10O6/c1-7-35-11-8-12-36-24-39(66)25-41(45(35)36)47-46(54)48-42(28-56-47)49(63-30-37-13-14-38(31-63)65(37)51(68)70-52(4,5)6)58-50(57-48)69-23-22-60-18-15-53(55,16-19-60)32-62-21-20-61(29-34(62)3)43-26-40(71-59-43)27-44(67)64-17-9-10-33(64)2/h8,11-12,24-26,28,33-34,37-38,66H,7,9-10,13-23,27,29-32H2,1-6H3. The van der Waals surface area contributed by atoms with E-state index in [1.807, 2.05) is 61.8 Å². The van der Waals surface area contributed by atoms with Gasteiger partial charge in [-0.05, 0) is 108 Å². The number of anilines is 2. The van der Waals surface area contributed by atoms with Crippen molar-refractivity contribution in [3.63, 3.8) is 0 Å². The summed E-state index contributed by atoms with van der Waals surface area (Å²) in [6, 6.07) is 11.0. The van der Waals surface area contributed by atoms with Crippen LogP contribution in [0.4, 0.5) is 25.2 Å². The Labute approximate surface area is 414 Å². The maximum absolute atomic E-state index is 17.3. The van der Waals surface area contributed by atoms with Crippen molar-refractivity contribution in [1.82, 2.24) is 39.7 Å². The molecule has 5 saturated heterocycles. The largest absolute Gasteiger partial charge is 0.508 e. The average molecular weight is 979 g/mol. The van der Waals surface area contributed by atoms with Gasteiger partial charge in [-0.15, -0.1) is 0 Å². The number of benzene rings is 2. The molecule has 1 N–H and O–H groups in total. The van der Waals surface area contributed by atoms with Crippen LogP contribution >= 0.6 is 0 Å². The van der Waals surface area contributed by atoms with E-state index in [2.05, 4.69) is 38.6 Å². The van der Waals surface area contributed by atoms with E-state index in [0.29, 0.717) is 107 Å². The summed E-state index contributed by atoms with van der Waals surface area (Å²) in [6.45, 7) is 17.7. The van der Waals surface area contributed by atoms with Crippen LogP contribution in [0.25, 0.3) is 32.9 Å². The Balaban J connectivity index is 0.808. The highest BCUT2D eigenvalue weighted by Gasteiger charge is 2.45. The van der Waals surface area contributed by atoms with Gasteiger partial charge in [0.2, 0.25) is 5.91 Å². The van der Waals surface area contributed by atoms with Gasteiger partial charge in [0.05, 0.1) is 23.9 Å². The Morgan fingerprint density at radius 3 is 2.42 bits per heavy atom. The van der Waals surface area contributed by atoms with Gasteiger partial charge >= 0.3 is 12.1 Å². The summed E-state index contributed by atoms with van der Waals surface area (Å²) in [5.41, 5.74) is -0.410. The maximum atomic E-state index is 17.3. The quantitative estimate of drug-likeness (QED) is 0.129. The van der Waals surface area contributed by atoms with Crippen LogP contribution in [0, 0.1) is 5.82 Å². The van der Waals surface area contributed by atoms with E-state index < -0.39 is 17.1 Å². The molecule has 4 unspecified atom stereocenters. The highest BCUT2D eigenvalue weighted by Crippen LogP contribution is 2.41. The number of hydrogen-bond acceptors (Lipinski definition) is 14. The third-order valence-electron chi connectivity index (χ3n) is 15.4. The van der Waals surface area contributed by atoms with Gasteiger partial charge in [-0.2, -0.15) is 9.97 Å². The van der Waals surface area contributed by atoms with Gasteiger partial charge < -0.3 is 33.8 Å². The normalized spacial score (nSPS) is 23.0. The van der Waals surface area contributed by atoms with Gasteiger partial charge in [-0.25, -0.2) is 13.6 Å². The van der Waals surface area contributed by atoms with Gasteiger partial charge in [-0.1, -0.05) is 30.3 Å². The van der Waals surface area contributed by atoms with Crippen LogP contribution in [-0.4, -0.2) is 164 Å². The number of rotatable bonds is 12. The molecule has 3 aromatic heterocycles. The zero-order valence-electron chi connectivity index (χ0n) is 42.0. The number of phenolic OH excluding ortho intramolecular Hbond substituents is 1. The summed E-state index contributed by atoms with van der Waals surface area (Å²) in [5, 5.41) is 17.1. The van der Waals surface area contributed by atoms with Crippen molar-refractivity contribution in [1.29, 1.82) is 0 Å². The summed E-state index contributed by atoms with van der Waals surface area (Å²) >= 11 is 0. The zero-order valence-corrected chi connectivity index (χ0v) is 42.0. The summed E-state index contributed by atoms with van der Waals surface area (Å²) < 4.78 is 51.6. The molecule has 5 aromatic rings. The highest BCUT2D eigenvalue weighted by atomic mass is 19.1. The van der Waals surface area contributed by atoms with E-state index in [9.17, 15) is 14.7 Å². The third-order valence-corrected chi connectivity index (χ3v) is 15.4. The second-order valence-electron chi connectivity index (χ2n) is 21.6. The van der Waals surface area contributed by atoms with Crippen LogP contribution in [0.1, 0.15) is 91.4 Å². The number of carbonyl (C=O) groups is 2. The number of pyridine rings is 1. The van der Waals surface area contributed by atoms with Gasteiger partial charge in [-0.3, -0.25) is 24.5 Å². The molecule has 0 saturated carbocycles. The Morgan fingerprint density at radius 1 is 0.944 bits per heavy atom. The molecule has 8 heterocycles. The number of amides is 2. The summed E-state index contributed by atoms with van der Waals surface area (Å²) in [6.07, 6.45) is 6.59. The molecule has 5 aliphatic rings. The first-order valence-electron chi connectivity index (χ1n) is 25.7. The molecule has 2 aromatic carbocycles. The molecule has 10 rings (SSSR count). The molecule has 5 fully saturated rings. The molecule has 16 nitrogen and oxygen atoms in total. The van der Waals surface area contributed by atoms with Crippen molar-refractivity contribution in [3.8, 4) is 23.0 Å². The van der Waals surface area contributed by atoms with Crippen LogP contribution in [0.3, 0.4) is 0 Å². The molecule has 4 atom stereocenters. The molecule has 5 aliphatic heterocycles. The molecular formula is C53H68F2N10O6. The first kappa shape index (κ1) is 48.7. The van der Waals surface area contributed by atoms with Crippen molar-refractivity contribution < 1.29 is 37.5 Å². The number of aromatic nitrogens is 4. The summed E-state index contributed by atoms with van der Waals surface area (Å²) in [7, 11) is 0. The van der Waals surface area contributed by atoms with Crippen LogP contribution in [0.2, 0.25) is 0 Å². The van der Waals surface area contributed by atoms with E-state index in [0.717, 1.165) is 48.6 Å². The van der Waals surface area contributed by atoms with Crippen LogP contribution in [-0.2, 0) is 22.4 Å². The zero-order chi connectivity index (χ0) is 49.8. The number of alkyl halides is 1. The fraction of sp³-hybridized carbons (Fsp3) is 0.585. The molecule has 380 valence electrons. The molecular weight excluding hydrogens is 911 g/mol. The number of aromatic hydroxyl groups is 1. The van der Waals surface area contributed by atoms with Crippen LogP contribution < -0.4 is 14.5 Å². The fourth-order valence-corrected chi connectivity index (χ4v) is 11.7. The highest BCUT2D eigenvalue weighted by molar-refractivity contribution is 6.01. The van der Waals surface area contributed by atoms with Crippen molar-refractivity contribution in [2.24, 2.45) is 0 Å². The van der Waals surface area contributed by atoms with Gasteiger partial charge in [0.1, 0.15) is 46.4 Å². The Morgan fingerprint density at radius 2 is 1.72 bits per heavy atom. The second-order valence-corrected chi connectivity index (χ2v) is 21.6. The van der Waals surface area contributed by atoms with Crippen LogP contribution in [0.5, 0.6) is 11.8 Å². The Bertz CT molecular complexity index is 2760. The number of fused-ring (bicyclic) bond motifs is 4. The predicted octanol–water partition coefficient (Wildman–Crippen LogP) is 7.78. The average Bonchev–Trinajstić information content (AvgIpc) is 4.06. The lowest BCUT2D eigenvalue weighted by Gasteiger charge is -2.44. The number of nitrogens with zero attached hydrogens (tertiary/aromatic N) is 10. The van der Waals surface area contributed by atoms with Crippen LogP contribution in [0.15, 0.2) is 47.1 Å². The summed E-state index contributed by atoms with van der Waals surface area (Å²) in [5.74, 6) is 1.17. The molecule has 2 bridgehead atoms. The molecule has 18 heteroatoms. The van der Waals surface area contributed by atoms with Gasteiger partial charge in [0, 0.05) is 95.4 Å². The monoisotopic (exact) mass is 979 g/mol. The van der Waals surface area contributed by atoms with E-state index in [4.69, 9.17) is 28.9 Å². The van der Waals surface area contributed by atoms with Crippen molar-refractivity contribution >= 4 is 45.3 Å². The first-order chi connectivity index (χ1) is 34.0. The molecule has 0 spiro atoms. The predicted molar refractivity (Wildman–Crippen MR) is 267 cm³/mol. The Kier molecular flexibility index (Phi) is 13.5. The van der Waals surface area contributed by atoms with Crippen molar-refractivity contribution in [2.45, 2.75) is 128 Å². The van der Waals surface area contributed by atoms with Gasteiger partial charge in [0.25, 0.3) is 0 Å². The molecule has 0 aliphatic carbocycles. The van der Waals surface area contributed by atoms with E-state index in [1.165, 1.54) is 0 Å². The molecule has 2 amide bonds. The van der Waals surface area contributed by atoms with E-state index >= 15 is 8.78 Å². The van der Waals surface area contributed by atoms with Crippen molar-refractivity contribution in [3.05, 3.63) is 59.7 Å². The number of hydrogen-bond donors (Lipinski definition) is 1. The number of piperidine rings is 1. The topological polar surface area (TPSA) is 157 Å². The number of carbonyl (C=O) groups excluding carboxylic acids is 2. The minimum Gasteiger partial charge on any atom is -0.508 e. The SMILES string of the molecule is CCc1cccc2cc(O)cc(-c3ncc4c(N5CC6CCC(C5)N6C(=O)OC(C)(C)C)nc(OCCN5CCC(F)(CN6CCN(c7cc(CC(=O)N8CCCC8C)on7)CC6C)CC5)nc4c3F)c12. The minimum atomic E-state index is -1.34. The Hall–Kier alpha value is -5.88. The lowest BCUT2D eigenvalue weighted by Crippen LogP contribution is -2.57. The number of likely N-dealkylation sites (tertiary alicyclic amines) is 2. The van der Waals surface area contributed by atoms with Gasteiger partial charge in [0.15, 0.2) is 11.6 Å². The number of aryl methyl sites for hydroxylation is 1. The van der Waals surface area contributed by atoms with Crippen molar-refractivity contribution in [2.75, 3.05) is 81.9 Å². The smallest absolute Gasteiger partial charge is 0.410 e.